The molecule has 2 rings (SSSR count). The molecule has 4 N–H and O–H groups in total. The van der Waals surface area contributed by atoms with Gasteiger partial charge in [-0.2, -0.15) is 0 Å². The summed E-state index contributed by atoms with van der Waals surface area (Å²) in [4.78, 5) is 4.04. The number of pyridine rings is 1. The largest absolute Gasteiger partial charge is 0.409 e. The van der Waals surface area contributed by atoms with Crippen LogP contribution in [0.5, 0.6) is 0 Å². The molecule has 0 aliphatic heterocycles. The molecule has 104 valence electrons. The molecule has 0 fully saturated rings. The Hall–Kier alpha value is -1.92. The third-order valence-electron chi connectivity index (χ3n) is 2.77. The van der Waals surface area contributed by atoms with Crippen molar-refractivity contribution in [3.63, 3.8) is 0 Å². The molecule has 6 heteroatoms. The molecule has 0 bridgehead atoms. The highest BCUT2D eigenvalue weighted by atomic mass is 79.9. The summed E-state index contributed by atoms with van der Waals surface area (Å²) >= 11 is 3.41. The summed E-state index contributed by atoms with van der Waals surface area (Å²) in [6.45, 7) is 1.46. The van der Waals surface area contributed by atoms with Gasteiger partial charge in [-0.3, -0.25) is 4.98 Å². The molecule has 1 aromatic heterocycles. The van der Waals surface area contributed by atoms with E-state index in [2.05, 4.69) is 43.5 Å². The smallest absolute Gasteiger partial charge is 0.188 e. The zero-order valence-electron chi connectivity index (χ0n) is 10.8. The number of rotatable bonds is 5. The Bertz CT molecular complexity index is 598. The molecular weight excluding hydrogens is 320 g/mol. The second-order valence-corrected chi connectivity index (χ2v) is 5.18. The predicted octanol–water partition coefficient (Wildman–Crippen LogP) is 2.23. The van der Waals surface area contributed by atoms with Crippen LogP contribution in [-0.4, -0.2) is 16.0 Å². The Morgan fingerprint density at radius 1 is 1.20 bits per heavy atom. The van der Waals surface area contributed by atoms with Gasteiger partial charge >= 0.3 is 0 Å². The summed E-state index contributed by atoms with van der Waals surface area (Å²) in [6, 6.07) is 11.8. The average molecular weight is 335 g/mol. The van der Waals surface area contributed by atoms with Crippen LogP contribution in [0.3, 0.4) is 0 Å². The van der Waals surface area contributed by atoms with Gasteiger partial charge in [-0.1, -0.05) is 33.2 Å². The predicted molar refractivity (Wildman–Crippen MR) is 81.4 cm³/mol. The number of oxime groups is 1. The highest BCUT2D eigenvalue weighted by molar-refractivity contribution is 9.10. The number of halogens is 1. The molecule has 1 heterocycles. The fourth-order valence-electron chi connectivity index (χ4n) is 1.73. The number of amidine groups is 1. The van der Waals surface area contributed by atoms with Crippen LogP contribution in [0.15, 0.2) is 52.2 Å². The number of nitrogens with two attached hydrogens (primary N) is 1. The SMILES string of the molecule is NC(=NO)c1cc(CNCc2ccc(Br)cc2)ccn1. The first-order valence-electron chi connectivity index (χ1n) is 6.07. The number of nitrogens with zero attached hydrogens (tertiary/aromatic N) is 2. The van der Waals surface area contributed by atoms with Crippen molar-refractivity contribution in [2.45, 2.75) is 13.1 Å². The number of nitrogens with one attached hydrogen (secondary N) is 1. The summed E-state index contributed by atoms with van der Waals surface area (Å²) in [5.74, 6) is 0.0137. The first kappa shape index (κ1) is 14.5. The van der Waals surface area contributed by atoms with Crippen molar-refractivity contribution in [1.29, 1.82) is 0 Å². The van der Waals surface area contributed by atoms with E-state index in [0.29, 0.717) is 12.2 Å². The number of hydrogen-bond donors (Lipinski definition) is 3. The maximum absolute atomic E-state index is 8.63. The summed E-state index contributed by atoms with van der Waals surface area (Å²) < 4.78 is 1.07. The van der Waals surface area contributed by atoms with Gasteiger partial charge in [0.2, 0.25) is 0 Å². The number of hydrogen-bond acceptors (Lipinski definition) is 4. The number of benzene rings is 1. The molecule has 2 aromatic rings. The Morgan fingerprint density at radius 3 is 2.60 bits per heavy atom. The molecule has 0 atom stereocenters. The zero-order chi connectivity index (χ0) is 14.4. The first-order valence-corrected chi connectivity index (χ1v) is 6.86. The van der Waals surface area contributed by atoms with Crippen molar-refractivity contribution in [1.82, 2.24) is 10.3 Å². The van der Waals surface area contributed by atoms with E-state index in [9.17, 15) is 0 Å². The summed E-state index contributed by atoms with van der Waals surface area (Å²) in [7, 11) is 0. The van der Waals surface area contributed by atoms with Crippen LogP contribution in [0, 0.1) is 0 Å². The van der Waals surface area contributed by atoms with Gasteiger partial charge in [0.25, 0.3) is 0 Å². The second kappa shape index (κ2) is 7.02. The van der Waals surface area contributed by atoms with Crippen LogP contribution in [0.25, 0.3) is 0 Å². The van der Waals surface area contributed by atoms with Crippen molar-refractivity contribution >= 4 is 21.8 Å². The van der Waals surface area contributed by atoms with E-state index < -0.39 is 0 Å². The van der Waals surface area contributed by atoms with Crippen LogP contribution in [0.1, 0.15) is 16.8 Å². The third-order valence-corrected chi connectivity index (χ3v) is 3.29. The molecule has 0 spiro atoms. The highest BCUT2D eigenvalue weighted by Crippen LogP contribution is 2.10. The zero-order valence-corrected chi connectivity index (χ0v) is 12.3. The first-order chi connectivity index (χ1) is 9.69. The molecule has 0 saturated heterocycles. The van der Waals surface area contributed by atoms with Crippen molar-refractivity contribution < 1.29 is 5.21 Å². The highest BCUT2D eigenvalue weighted by Gasteiger charge is 2.02. The molecule has 0 radical (unpaired) electrons. The van der Waals surface area contributed by atoms with E-state index in [1.165, 1.54) is 5.56 Å². The molecule has 0 unspecified atom stereocenters. The summed E-state index contributed by atoms with van der Waals surface area (Å²) in [5, 5.41) is 14.9. The fourth-order valence-corrected chi connectivity index (χ4v) is 1.99. The topological polar surface area (TPSA) is 83.5 Å². The molecule has 1 aromatic carbocycles. The van der Waals surface area contributed by atoms with Crippen LogP contribution >= 0.6 is 15.9 Å². The maximum atomic E-state index is 8.63. The second-order valence-electron chi connectivity index (χ2n) is 4.26. The molecule has 20 heavy (non-hydrogen) atoms. The molecule has 0 saturated carbocycles. The van der Waals surface area contributed by atoms with Crippen molar-refractivity contribution in [3.8, 4) is 0 Å². The third kappa shape index (κ3) is 4.04. The maximum Gasteiger partial charge on any atom is 0.188 e. The van der Waals surface area contributed by atoms with E-state index >= 15 is 0 Å². The lowest BCUT2D eigenvalue weighted by atomic mass is 10.2. The lowest BCUT2D eigenvalue weighted by molar-refractivity contribution is 0.318. The van der Waals surface area contributed by atoms with Gasteiger partial charge in [0, 0.05) is 23.8 Å². The molecule has 0 aliphatic carbocycles. The van der Waals surface area contributed by atoms with Gasteiger partial charge in [-0.05, 0) is 35.4 Å². The van der Waals surface area contributed by atoms with Gasteiger partial charge in [-0.15, -0.1) is 0 Å². The standard InChI is InChI=1S/C14H15BrN4O/c15-12-3-1-10(2-4-12)8-17-9-11-5-6-18-13(7-11)14(16)19-20/h1-7,17,20H,8-9H2,(H2,16,19). The minimum absolute atomic E-state index is 0.0137. The molecule has 0 aliphatic rings. The molecule has 5 nitrogen and oxygen atoms in total. The van der Waals surface area contributed by atoms with Crippen LogP contribution in [0.4, 0.5) is 0 Å². The lowest BCUT2D eigenvalue weighted by Crippen LogP contribution is -2.17. The monoisotopic (exact) mass is 334 g/mol. The molecular formula is C14H15BrN4O. The van der Waals surface area contributed by atoms with Crippen molar-refractivity contribution in [2.75, 3.05) is 0 Å². The lowest BCUT2D eigenvalue weighted by Gasteiger charge is -2.06. The Balaban J connectivity index is 1.92. The van der Waals surface area contributed by atoms with Gasteiger partial charge in [0.1, 0.15) is 5.69 Å². The Labute approximate surface area is 125 Å². The fraction of sp³-hybridized carbons (Fsp3) is 0.143. The van der Waals surface area contributed by atoms with E-state index in [-0.39, 0.29) is 5.84 Å². The van der Waals surface area contributed by atoms with E-state index in [0.717, 1.165) is 16.6 Å². The van der Waals surface area contributed by atoms with Crippen molar-refractivity contribution in [2.24, 2.45) is 10.9 Å². The summed E-state index contributed by atoms with van der Waals surface area (Å²) in [5.41, 5.74) is 8.21. The van der Waals surface area contributed by atoms with Crippen LogP contribution < -0.4 is 11.1 Å². The van der Waals surface area contributed by atoms with Crippen molar-refractivity contribution in [3.05, 3.63) is 63.9 Å². The minimum Gasteiger partial charge on any atom is -0.409 e. The van der Waals surface area contributed by atoms with Crippen LogP contribution in [0.2, 0.25) is 0 Å². The van der Waals surface area contributed by atoms with E-state index in [4.69, 9.17) is 10.9 Å². The van der Waals surface area contributed by atoms with Crippen LogP contribution in [-0.2, 0) is 13.1 Å². The normalized spacial score (nSPS) is 11.6. The van der Waals surface area contributed by atoms with Gasteiger partial charge < -0.3 is 16.3 Å². The summed E-state index contributed by atoms with van der Waals surface area (Å²) in [6.07, 6.45) is 1.64. The molecule has 0 amide bonds. The Morgan fingerprint density at radius 2 is 1.90 bits per heavy atom. The average Bonchev–Trinajstić information content (AvgIpc) is 2.49. The van der Waals surface area contributed by atoms with Gasteiger partial charge in [-0.25, -0.2) is 0 Å². The quantitative estimate of drug-likeness (QED) is 0.339. The minimum atomic E-state index is 0.0137. The van der Waals surface area contributed by atoms with E-state index in [1.54, 1.807) is 12.3 Å². The van der Waals surface area contributed by atoms with Gasteiger partial charge in [0.05, 0.1) is 0 Å². The number of aromatic nitrogens is 1. The Kier molecular flexibility index (Phi) is 5.09. The van der Waals surface area contributed by atoms with Gasteiger partial charge in [0.15, 0.2) is 5.84 Å². The van der Waals surface area contributed by atoms with E-state index in [1.807, 2.05) is 18.2 Å².